The van der Waals surface area contributed by atoms with Crippen molar-refractivity contribution in [1.82, 2.24) is 29.9 Å². The van der Waals surface area contributed by atoms with Gasteiger partial charge in [0, 0.05) is 35.4 Å². The summed E-state index contributed by atoms with van der Waals surface area (Å²) < 4.78 is 12.5. The topological polar surface area (TPSA) is 131 Å². The first-order valence-electron chi connectivity index (χ1n) is 14.0. The van der Waals surface area contributed by atoms with Crippen LogP contribution in [0.2, 0.25) is 0 Å². The molecule has 4 aliphatic rings. The van der Waals surface area contributed by atoms with E-state index in [1.165, 1.54) is 0 Å². The number of pyridine rings is 2. The van der Waals surface area contributed by atoms with Crippen molar-refractivity contribution < 1.29 is 14.3 Å². The van der Waals surface area contributed by atoms with E-state index in [1.54, 1.807) is 48.5 Å². The first kappa shape index (κ1) is 25.3. The van der Waals surface area contributed by atoms with Crippen LogP contribution >= 0.6 is 0 Å². The SMILES string of the molecule is CCOc1cc(-c2cnc(N3[C@@H]4CC5C[C@H]3CC(NC(=O)c3ccc(OC)nc3)(C5)C4)cn2)c2c(C#N)cnn2c1. The molecule has 4 atom stereocenters. The Hall–Kier alpha value is -4.72. The van der Waals surface area contributed by atoms with Gasteiger partial charge in [0.05, 0.1) is 60.8 Å². The number of carbonyl (C=O) groups excluding carboxylic acids is 1. The van der Waals surface area contributed by atoms with E-state index in [4.69, 9.17) is 19.4 Å². The van der Waals surface area contributed by atoms with E-state index in [9.17, 15) is 10.1 Å². The number of piperidine rings is 2. The summed E-state index contributed by atoms with van der Waals surface area (Å²) in [5.74, 6) is 2.47. The van der Waals surface area contributed by atoms with E-state index in [0.717, 1.165) is 43.5 Å². The van der Waals surface area contributed by atoms with Crippen molar-refractivity contribution in [2.45, 2.75) is 56.7 Å². The maximum atomic E-state index is 13.2. The van der Waals surface area contributed by atoms with E-state index in [-0.39, 0.29) is 23.5 Å². The molecule has 1 amide bonds. The highest BCUT2D eigenvalue weighted by atomic mass is 16.5. The van der Waals surface area contributed by atoms with Crippen LogP contribution < -0.4 is 19.7 Å². The third kappa shape index (κ3) is 4.30. The van der Waals surface area contributed by atoms with Crippen molar-refractivity contribution >= 4 is 17.2 Å². The molecule has 11 nitrogen and oxygen atoms in total. The summed E-state index contributed by atoms with van der Waals surface area (Å²) in [5, 5.41) is 17.4. The number of aromatic nitrogens is 5. The Morgan fingerprint density at radius 2 is 1.95 bits per heavy atom. The van der Waals surface area contributed by atoms with Gasteiger partial charge in [0.1, 0.15) is 17.6 Å². The van der Waals surface area contributed by atoms with Crippen LogP contribution in [0, 0.1) is 17.2 Å². The molecule has 4 bridgehead atoms. The molecule has 0 radical (unpaired) electrons. The number of rotatable bonds is 7. The zero-order valence-electron chi connectivity index (χ0n) is 22.9. The molecule has 11 heteroatoms. The Labute approximate surface area is 237 Å². The molecule has 2 aliphatic heterocycles. The molecule has 6 heterocycles. The zero-order valence-corrected chi connectivity index (χ0v) is 22.9. The van der Waals surface area contributed by atoms with Crippen LogP contribution in [-0.4, -0.2) is 61.8 Å². The van der Waals surface area contributed by atoms with Gasteiger partial charge in [0.25, 0.3) is 5.91 Å². The Morgan fingerprint density at radius 1 is 1.12 bits per heavy atom. The lowest BCUT2D eigenvalue weighted by Gasteiger charge is -2.62. The maximum Gasteiger partial charge on any atom is 0.253 e. The average molecular weight is 551 g/mol. The largest absolute Gasteiger partial charge is 0.492 e. The van der Waals surface area contributed by atoms with Gasteiger partial charge < -0.3 is 19.7 Å². The summed E-state index contributed by atoms with van der Waals surface area (Å²) >= 11 is 0. The molecule has 2 unspecified atom stereocenters. The maximum absolute atomic E-state index is 13.2. The fraction of sp³-hybridized carbons (Fsp3) is 0.400. The highest BCUT2D eigenvalue weighted by molar-refractivity contribution is 5.94. The van der Waals surface area contributed by atoms with E-state index < -0.39 is 0 Å². The highest BCUT2D eigenvalue weighted by Crippen LogP contribution is 2.52. The van der Waals surface area contributed by atoms with Crippen LogP contribution in [0.3, 0.4) is 0 Å². The third-order valence-corrected chi connectivity index (χ3v) is 8.71. The Bertz CT molecular complexity index is 1640. The summed E-state index contributed by atoms with van der Waals surface area (Å²) in [5.41, 5.74) is 2.87. The van der Waals surface area contributed by atoms with Gasteiger partial charge >= 0.3 is 0 Å². The van der Waals surface area contributed by atoms with Gasteiger partial charge in [-0.2, -0.15) is 10.4 Å². The summed E-state index contributed by atoms with van der Waals surface area (Å²) in [4.78, 5) is 29.5. The van der Waals surface area contributed by atoms with Crippen molar-refractivity contribution in [2.75, 3.05) is 18.6 Å². The van der Waals surface area contributed by atoms with Crippen molar-refractivity contribution in [1.29, 1.82) is 5.26 Å². The number of amides is 1. The van der Waals surface area contributed by atoms with E-state index in [1.807, 2.05) is 19.2 Å². The van der Waals surface area contributed by atoms with Crippen LogP contribution in [0.15, 0.2) is 49.2 Å². The number of hydrogen-bond acceptors (Lipinski definition) is 9. The predicted octanol–water partition coefficient (Wildman–Crippen LogP) is 3.79. The minimum Gasteiger partial charge on any atom is -0.492 e. The number of nitrogens with zero attached hydrogens (tertiary/aromatic N) is 7. The predicted molar refractivity (Wildman–Crippen MR) is 150 cm³/mol. The summed E-state index contributed by atoms with van der Waals surface area (Å²) in [6.07, 6.45) is 13.4. The molecule has 2 saturated carbocycles. The van der Waals surface area contributed by atoms with Crippen molar-refractivity contribution in [3.8, 4) is 29.0 Å². The molecule has 4 fully saturated rings. The van der Waals surface area contributed by atoms with Crippen LogP contribution in [0.1, 0.15) is 54.9 Å². The van der Waals surface area contributed by atoms with Crippen molar-refractivity contribution in [3.63, 3.8) is 0 Å². The van der Waals surface area contributed by atoms with Gasteiger partial charge in [-0.05, 0) is 57.1 Å². The lowest BCUT2D eigenvalue weighted by Crippen LogP contribution is -2.69. The number of methoxy groups -OCH3 is 1. The average Bonchev–Trinajstić information content (AvgIpc) is 3.40. The van der Waals surface area contributed by atoms with Crippen LogP contribution in [0.5, 0.6) is 11.6 Å². The van der Waals surface area contributed by atoms with E-state index in [0.29, 0.717) is 46.5 Å². The second kappa shape index (κ2) is 9.73. The van der Waals surface area contributed by atoms with Gasteiger partial charge in [-0.3, -0.25) is 9.78 Å². The van der Waals surface area contributed by atoms with Crippen LogP contribution in [-0.2, 0) is 0 Å². The first-order valence-corrected chi connectivity index (χ1v) is 14.0. The molecule has 4 aromatic rings. The fourth-order valence-electron chi connectivity index (χ4n) is 7.31. The number of nitriles is 1. The molecule has 1 N–H and O–H groups in total. The lowest BCUT2D eigenvalue weighted by molar-refractivity contribution is 0.0358. The van der Waals surface area contributed by atoms with Crippen molar-refractivity contribution in [2.24, 2.45) is 5.92 Å². The van der Waals surface area contributed by atoms with Gasteiger partial charge in [0.15, 0.2) is 0 Å². The molecular formula is C30H30N8O3. The Balaban J connectivity index is 1.14. The molecule has 2 aliphatic carbocycles. The number of anilines is 1. The Morgan fingerprint density at radius 3 is 2.61 bits per heavy atom. The standard InChI is InChI=1S/C30H30N8O3/c1-3-41-23-8-24(28-20(12-31)14-35-37(28)17-23)25-15-33-26(16-32-25)38-21-6-18-7-22(38)11-30(9-18,10-21)36-29(39)19-4-5-27(40-2)34-13-19/h4-5,8,13-18,21-22H,3,6-7,9-11H2,1-2H3,(H,36,39)/t18?,21-,22+,30?. The minimum absolute atomic E-state index is 0.0880. The molecule has 8 rings (SSSR count). The Kier molecular flexibility index (Phi) is 5.99. The van der Waals surface area contributed by atoms with Crippen molar-refractivity contribution in [3.05, 3.63) is 60.3 Å². The number of fused-ring (bicyclic) bond motifs is 1. The number of hydrogen-bond donors (Lipinski definition) is 1. The molecular weight excluding hydrogens is 520 g/mol. The second-order valence-corrected chi connectivity index (χ2v) is 11.2. The highest BCUT2D eigenvalue weighted by Gasteiger charge is 2.55. The molecule has 0 aromatic carbocycles. The molecule has 2 saturated heterocycles. The summed E-state index contributed by atoms with van der Waals surface area (Å²) in [7, 11) is 1.56. The smallest absolute Gasteiger partial charge is 0.253 e. The summed E-state index contributed by atoms with van der Waals surface area (Å²) in [6.45, 7) is 2.44. The van der Waals surface area contributed by atoms with Crippen LogP contribution in [0.4, 0.5) is 5.82 Å². The second-order valence-electron chi connectivity index (χ2n) is 11.2. The zero-order chi connectivity index (χ0) is 28.1. The van der Waals surface area contributed by atoms with Gasteiger partial charge in [-0.1, -0.05) is 0 Å². The lowest BCUT2D eigenvalue weighted by atomic mass is 9.59. The van der Waals surface area contributed by atoms with Gasteiger partial charge in [-0.25, -0.2) is 14.5 Å². The number of nitrogens with one attached hydrogen (secondary N) is 1. The summed E-state index contributed by atoms with van der Waals surface area (Å²) in [6, 6.07) is 8.14. The molecule has 41 heavy (non-hydrogen) atoms. The monoisotopic (exact) mass is 550 g/mol. The van der Waals surface area contributed by atoms with E-state index in [2.05, 4.69) is 26.4 Å². The molecule has 4 aromatic heterocycles. The fourth-order valence-corrected chi connectivity index (χ4v) is 7.31. The number of carbonyl (C=O) groups is 1. The van der Waals surface area contributed by atoms with Gasteiger partial charge in [-0.15, -0.1) is 0 Å². The quantitative estimate of drug-likeness (QED) is 0.365. The normalized spacial score (nSPS) is 24.3. The molecule has 0 spiro atoms. The first-order chi connectivity index (χ1) is 20.0. The van der Waals surface area contributed by atoms with E-state index >= 15 is 0 Å². The third-order valence-electron chi connectivity index (χ3n) is 8.71. The van der Waals surface area contributed by atoms with Gasteiger partial charge in [0.2, 0.25) is 5.88 Å². The van der Waals surface area contributed by atoms with Crippen LogP contribution in [0.25, 0.3) is 16.8 Å². The number of ether oxygens (including phenoxy) is 2. The minimum atomic E-state index is -0.224. The molecule has 208 valence electrons.